The van der Waals surface area contributed by atoms with Gasteiger partial charge in [0.25, 0.3) is 0 Å². The van der Waals surface area contributed by atoms with Crippen LogP contribution in [0, 0.1) is 6.92 Å². The molecule has 0 aliphatic carbocycles. The average Bonchev–Trinajstić information content (AvgIpc) is 2.33. The number of nitrogens with zero attached hydrogens (tertiary/aromatic N) is 1. The Balaban J connectivity index is 2.86. The van der Waals surface area contributed by atoms with Crippen LogP contribution < -0.4 is 0 Å². The third-order valence-electron chi connectivity index (χ3n) is 2.49. The van der Waals surface area contributed by atoms with Crippen LogP contribution in [0.2, 0.25) is 15.1 Å². The number of pyridine rings is 1. The largest absolute Gasteiger partial charge is 0.478 e. The van der Waals surface area contributed by atoms with Crippen LogP contribution >= 0.6 is 34.8 Å². The van der Waals surface area contributed by atoms with Gasteiger partial charge in [0.2, 0.25) is 0 Å². The van der Waals surface area contributed by atoms with Crippen molar-refractivity contribution in [3.63, 3.8) is 0 Å². The molecule has 98 valence electrons. The second-order valence-corrected chi connectivity index (χ2v) is 5.09. The van der Waals surface area contributed by atoms with Crippen LogP contribution in [0.25, 0.3) is 17.0 Å². The molecule has 1 aromatic heterocycles. The van der Waals surface area contributed by atoms with Crippen molar-refractivity contribution in [2.24, 2.45) is 0 Å². The number of aromatic nitrogens is 1. The van der Waals surface area contributed by atoms with Gasteiger partial charge in [-0.3, -0.25) is 4.98 Å². The molecular formula is C13H8Cl3NO2. The number of carboxylic acid groups (broad SMARTS) is 1. The highest BCUT2D eigenvalue weighted by molar-refractivity contribution is 6.48. The molecule has 0 unspecified atom stereocenters. The molecule has 2 aromatic rings. The van der Waals surface area contributed by atoms with Crippen LogP contribution in [0.3, 0.4) is 0 Å². The fourth-order valence-electron chi connectivity index (χ4n) is 1.76. The number of rotatable bonds is 2. The highest BCUT2D eigenvalue weighted by Gasteiger charge is 2.13. The second kappa shape index (κ2) is 5.37. The molecular weight excluding hydrogens is 309 g/mol. The first-order valence-corrected chi connectivity index (χ1v) is 6.39. The molecule has 0 radical (unpaired) electrons. The minimum absolute atomic E-state index is 0.301. The molecule has 0 spiro atoms. The number of carbonyl (C=O) groups is 1. The smallest absolute Gasteiger partial charge is 0.328 e. The summed E-state index contributed by atoms with van der Waals surface area (Å²) in [7, 11) is 0. The van der Waals surface area contributed by atoms with Crippen molar-refractivity contribution in [3.05, 3.63) is 44.5 Å². The van der Waals surface area contributed by atoms with E-state index in [1.54, 1.807) is 13.0 Å². The normalized spacial score (nSPS) is 11.4. The first-order chi connectivity index (χ1) is 8.90. The first kappa shape index (κ1) is 14.1. The predicted molar refractivity (Wildman–Crippen MR) is 78.2 cm³/mol. The topological polar surface area (TPSA) is 50.2 Å². The van der Waals surface area contributed by atoms with E-state index in [0.717, 1.165) is 6.08 Å². The van der Waals surface area contributed by atoms with E-state index in [4.69, 9.17) is 39.9 Å². The fraction of sp³-hybridized carbons (Fsp3) is 0.0769. The molecule has 0 amide bonds. The summed E-state index contributed by atoms with van der Waals surface area (Å²) in [5.41, 5.74) is 1.82. The second-order valence-electron chi connectivity index (χ2n) is 3.90. The molecule has 2 rings (SSSR count). The lowest BCUT2D eigenvalue weighted by molar-refractivity contribution is -0.131. The molecule has 0 fully saturated rings. The van der Waals surface area contributed by atoms with Gasteiger partial charge in [0.05, 0.1) is 20.6 Å². The van der Waals surface area contributed by atoms with Crippen molar-refractivity contribution < 1.29 is 9.90 Å². The van der Waals surface area contributed by atoms with Crippen molar-refractivity contribution in [2.45, 2.75) is 6.92 Å². The summed E-state index contributed by atoms with van der Waals surface area (Å²) in [5.74, 6) is -1.05. The SMILES string of the molecule is Cc1cc(/C=C/C(=O)O)c2c(Cl)c(Cl)cc(Cl)c2n1. The van der Waals surface area contributed by atoms with Crippen molar-refractivity contribution in [1.29, 1.82) is 0 Å². The lowest BCUT2D eigenvalue weighted by Gasteiger charge is -2.09. The van der Waals surface area contributed by atoms with E-state index in [9.17, 15) is 4.79 Å². The molecule has 0 saturated carbocycles. The number of aryl methyl sites for hydroxylation is 1. The maximum Gasteiger partial charge on any atom is 0.328 e. The molecule has 0 bridgehead atoms. The van der Waals surface area contributed by atoms with Gasteiger partial charge in [-0.2, -0.15) is 0 Å². The molecule has 1 N–H and O–H groups in total. The van der Waals surface area contributed by atoms with E-state index < -0.39 is 5.97 Å². The molecule has 1 aromatic carbocycles. The lowest BCUT2D eigenvalue weighted by Crippen LogP contribution is -1.92. The Labute approximate surface area is 124 Å². The Morgan fingerprint density at radius 3 is 2.58 bits per heavy atom. The quantitative estimate of drug-likeness (QED) is 0.650. The Morgan fingerprint density at radius 1 is 1.26 bits per heavy atom. The van der Waals surface area contributed by atoms with E-state index >= 15 is 0 Å². The van der Waals surface area contributed by atoms with Gasteiger partial charge in [0, 0.05) is 17.2 Å². The maximum absolute atomic E-state index is 10.6. The van der Waals surface area contributed by atoms with Gasteiger partial charge in [-0.15, -0.1) is 0 Å². The van der Waals surface area contributed by atoms with E-state index in [1.165, 1.54) is 12.1 Å². The molecule has 19 heavy (non-hydrogen) atoms. The summed E-state index contributed by atoms with van der Waals surface area (Å²) in [6.45, 7) is 1.79. The Morgan fingerprint density at radius 2 is 1.95 bits per heavy atom. The summed E-state index contributed by atoms with van der Waals surface area (Å²) in [4.78, 5) is 14.9. The summed E-state index contributed by atoms with van der Waals surface area (Å²) >= 11 is 18.2. The van der Waals surface area contributed by atoms with Gasteiger partial charge in [0.1, 0.15) is 0 Å². The number of aliphatic carboxylic acids is 1. The number of fused-ring (bicyclic) bond motifs is 1. The van der Waals surface area contributed by atoms with Crippen LogP contribution in [-0.2, 0) is 4.79 Å². The van der Waals surface area contributed by atoms with E-state index in [0.29, 0.717) is 37.2 Å². The molecule has 6 heteroatoms. The van der Waals surface area contributed by atoms with Gasteiger partial charge in [0.15, 0.2) is 0 Å². The zero-order valence-electron chi connectivity index (χ0n) is 9.75. The third-order valence-corrected chi connectivity index (χ3v) is 3.57. The van der Waals surface area contributed by atoms with Gasteiger partial charge in [-0.1, -0.05) is 34.8 Å². The lowest BCUT2D eigenvalue weighted by atomic mass is 10.1. The van der Waals surface area contributed by atoms with Gasteiger partial charge >= 0.3 is 5.97 Å². The summed E-state index contributed by atoms with van der Waals surface area (Å²) in [5, 5.41) is 10.2. The van der Waals surface area contributed by atoms with E-state index in [2.05, 4.69) is 4.98 Å². The zero-order valence-corrected chi connectivity index (χ0v) is 12.0. The standard InChI is InChI=1S/C13H8Cl3NO2/c1-6-4-7(2-3-10(18)19)11-12(16)8(14)5-9(15)13(11)17-6/h2-5H,1H3,(H,18,19)/b3-2+. The Hall–Kier alpha value is -1.29. The highest BCUT2D eigenvalue weighted by Crippen LogP contribution is 2.37. The molecule has 0 aliphatic rings. The first-order valence-electron chi connectivity index (χ1n) is 5.26. The minimum atomic E-state index is -1.05. The third kappa shape index (κ3) is 2.84. The number of halogens is 3. The van der Waals surface area contributed by atoms with Crippen molar-refractivity contribution in [2.75, 3.05) is 0 Å². The number of carboxylic acids is 1. The Kier molecular flexibility index (Phi) is 3.99. The predicted octanol–water partition coefficient (Wildman–Crippen LogP) is 4.60. The minimum Gasteiger partial charge on any atom is -0.478 e. The number of benzene rings is 1. The number of hydrogen-bond donors (Lipinski definition) is 1. The van der Waals surface area contributed by atoms with Crippen LogP contribution in [-0.4, -0.2) is 16.1 Å². The van der Waals surface area contributed by atoms with Crippen molar-refractivity contribution in [3.8, 4) is 0 Å². The molecule has 0 aliphatic heterocycles. The molecule has 3 nitrogen and oxygen atoms in total. The maximum atomic E-state index is 10.6. The highest BCUT2D eigenvalue weighted by atomic mass is 35.5. The van der Waals surface area contributed by atoms with Crippen LogP contribution in [0.15, 0.2) is 18.2 Å². The molecule has 0 atom stereocenters. The average molecular weight is 317 g/mol. The van der Waals surface area contributed by atoms with Crippen LogP contribution in [0.4, 0.5) is 0 Å². The zero-order chi connectivity index (χ0) is 14.2. The number of hydrogen-bond acceptors (Lipinski definition) is 2. The fourth-order valence-corrected chi connectivity index (χ4v) is 2.52. The van der Waals surface area contributed by atoms with E-state index in [1.807, 2.05) is 0 Å². The van der Waals surface area contributed by atoms with Gasteiger partial charge in [-0.25, -0.2) is 4.79 Å². The monoisotopic (exact) mass is 315 g/mol. The van der Waals surface area contributed by atoms with Gasteiger partial charge < -0.3 is 5.11 Å². The van der Waals surface area contributed by atoms with Crippen LogP contribution in [0.5, 0.6) is 0 Å². The molecule has 0 saturated heterocycles. The summed E-state index contributed by atoms with van der Waals surface area (Å²) in [6, 6.07) is 3.24. The summed E-state index contributed by atoms with van der Waals surface area (Å²) < 4.78 is 0. The Bertz CT molecular complexity index is 711. The van der Waals surface area contributed by atoms with Gasteiger partial charge in [-0.05, 0) is 30.7 Å². The summed E-state index contributed by atoms with van der Waals surface area (Å²) in [6.07, 6.45) is 2.47. The van der Waals surface area contributed by atoms with E-state index in [-0.39, 0.29) is 0 Å². The van der Waals surface area contributed by atoms with Crippen LogP contribution in [0.1, 0.15) is 11.3 Å². The molecule has 1 heterocycles. The van der Waals surface area contributed by atoms with Crippen molar-refractivity contribution in [1.82, 2.24) is 4.98 Å². The van der Waals surface area contributed by atoms with Crippen molar-refractivity contribution >= 4 is 57.8 Å².